The lowest BCUT2D eigenvalue weighted by Crippen LogP contribution is -2.18. The van der Waals surface area contributed by atoms with Gasteiger partial charge in [0.1, 0.15) is 5.52 Å². The molecule has 1 aliphatic rings. The van der Waals surface area contributed by atoms with Crippen LogP contribution in [0.3, 0.4) is 0 Å². The minimum Gasteiger partial charge on any atom is -0.424 e. The summed E-state index contributed by atoms with van der Waals surface area (Å²) >= 11 is 0. The highest BCUT2D eigenvalue weighted by molar-refractivity contribution is 5.74. The second-order valence-electron chi connectivity index (χ2n) is 3.69. The number of benzene rings is 1. The van der Waals surface area contributed by atoms with Crippen molar-refractivity contribution in [3.8, 4) is 0 Å². The molecule has 78 valence electrons. The molecule has 0 spiro atoms. The van der Waals surface area contributed by atoms with Crippen molar-refractivity contribution in [1.82, 2.24) is 4.98 Å². The zero-order valence-corrected chi connectivity index (χ0v) is 8.27. The normalized spacial score (nSPS) is 20.9. The molecule has 4 nitrogen and oxygen atoms in total. The third-order valence-electron chi connectivity index (χ3n) is 2.55. The number of ether oxygens (including phenoxy) is 1. The van der Waals surface area contributed by atoms with E-state index in [1.807, 2.05) is 24.3 Å². The third kappa shape index (κ3) is 1.68. The van der Waals surface area contributed by atoms with Crippen molar-refractivity contribution in [2.24, 2.45) is 0 Å². The van der Waals surface area contributed by atoms with Crippen LogP contribution >= 0.6 is 0 Å². The Morgan fingerprint density at radius 1 is 1.33 bits per heavy atom. The summed E-state index contributed by atoms with van der Waals surface area (Å²) in [7, 11) is 0. The minimum absolute atomic E-state index is 0.332. The van der Waals surface area contributed by atoms with Crippen molar-refractivity contribution in [2.45, 2.75) is 12.5 Å². The van der Waals surface area contributed by atoms with Crippen LogP contribution in [0.15, 0.2) is 28.7 Å². The van der Waals surface area contributed by atoms with Gasteiger partial charge in [-0.1, -0.05) is 12.1 Å². The Bertz CT molecular complexity index is 427. The number of para-hydroxylation sites is 2. The van der Waals surface area contributed by atoms with E-state index in [0.717, 1.165) is 30.7 Å². The smallest absolute Gasteiger partial charge is 0.295 e. The van der Waals surface area contributed by atoms with Crippen molar-refractivity contribution in [1.29, 1.82) is 0 Å². The van der Waals surface area contributed by atoms with Gasteiger partial charge in [-0.15, -0.1) is 0 Å². The summed E-state index contributed by atoms with van der Waals surface area (Å²) in [5.41, 5.74) is 1.71. The zero-order valence-electron chi connectivity index (χ0n) is 8.27. The molecule has 0 saturated carbocycles. The van der Waals surface area contributed by atoms with Gasteiger partial charge in [0.2, 0.25) is 0 Å². The van der Waals surface area contributed by atoms with Crippen molar-refractivity contribution in [3.63, 3.8) is 0 Å². The predicted molar refractivity (Wildman–Crippen MR) is 56.9 cm³/mol. The largest absolute Gasteiger partial charge is 0.424 e. The van der Waals surface area contributed by atoms with Gasteiger partial charge < -0.3 is 14.5 Å². The van der Waals surface area contributed by atoms with Crippen molar-refractivity contribution < 1.29 is 9.15 Å². The van der Waals surface area contributed by atoms with Crippen LogP contribution in [-0.4, -0.2) is 24.2 Å². The van der Waals surface area contributed by atoms with E-state index in [2.05, 4.69) is 10.3 Å². The Labute approximate surface area is 87.2 Å². The van der Waals surface area contributed by atoms with Gasteiger partial charge in [0.25, 0.3) is 6.01 Å². The number of nitrogens with zero attached hydrogens (tertiary/aromatic N) is 1. The summed E-state index contributed by atoms with van der Waals surface area (Å²) in [6.45, 7) is 1.55. The molecule has 2 heterocycles. The van der Waals surface area contributed by atoms with Gasteiger partial charge in [0.15, 0.2) is 5.58 Å². The molecule has 1 N–H and O–H groups in total. The van der Waals surface area contributed by atoms with E-state index < -0.39 is 0 Å². The van der Waals surface area contributed by atoms with E-state index in [1.54, 1.807) is 0 Å². The van der Waals surface area contributed by atoms with Gasteiger partial charge >= 0.3 is 0 Å². The average molecular weight is 204 g/mol. The highest BCUT2D eigenvalue weighted by atomic mass is 16.5. The molecule has 1 atom stereocenters. The summed E-state index contributed by atoms with van der Waals surface area (Å²) in [5.74, 6) is 0. The van der Waals surface area contributed by atoms with Crippen LogP contribution in [0.1, 0.15) is 6.42 Å². The van der Waals surface area contributed by atoms with E-state index in [9.17, 15) is 0 Å². The SMILES string of the molecule is c1ccc2oc(NC3CCOC3)nc2c1. The second kappa shape index (κ2) is 3.55. The number of fused-ring (bicyclic) bond motifs is 1. The Hall–Kier alpha value is -1.55. The van der Waals surface area contributed by atoms with Crippen LogP contribution < -0.4 is 5.32 Å². The summed E-state index contributed by atoms with van der Waals surface area (Å²) in [5, 5.41) is 3.23. The van der Waals surface area contributed by atoms with Crippen molar-refractivity contribution >= 4 is 17.1 Å². The van der Waals surface area contributed by atoms with E-state index in [0.29, 0.717) is 12.1 Å². The van der Waals surface area contributed by atoms with Crippen LogP contribution in [0.2, 0.25) is 0 Å². The van der Waals surface area contributed by atoms with Crippen LogP contribution in [0.4, 0.5) is 6.01 Å². The molecule has 15 heavy (non-hydrogen) atoms. The van der Waals surface area contributed by atoms with Gasteiger partial charge in [-0.3, -0.25) is 0 Å². The van der Waals surface area contributed by atoms with Gasteiger partial charge in [-0.25, -0.2) is 0 Å². The third-order valence-corrected chi connectivity index (χ3v) is 2.55. The van der Waals surface area contributed by atoms with Crippen molar-refractivity contribution in [2.75, 3.05) is 18.5 Å². The first-order chi connectivity index (χ1) is 7.42. The molecule has 2 aromatic rings. The molecule has 1 saturated heterocycles. The first-order valence-corrected chi connectivity index (χ1v) is 5.12. The quantitative estimate of drug-likeness (QED) is 0.813. The van der Waals surface area contributed by atoms with Gasteiger partial charge in [-0.05, 0) is 18.6 Å². The molecule has 0 amide bonds. The topological polar surface area (TPSA) is 47.3 Å². The Kier molecular flexibility index (Phi) is 2.07. The maximum absolute atomic E-state index is 5.55. The van der Waals surface area contributed by atoms with Crippen molar-refractivity contribution in [3.05, 3.63) is 24.3 Å². The molecule has 1 aromatic heterocycles. The number of anilines is 1. The second-order valence-corrected chi connectivity index (χ2v) is 3.69. The predicted octanol–water partition coefficient (Wildman–Crippen LogP) is 2.03. The number of rotatable bonds is 2. The standard InChI is InChI=1S/C11H12N2O2/c1-2-4-10-9(3-1)13-11(15-10)12-8-5-6-14-7-8/h1-4,8H,5-7H2,(H,12,13). The Morgan fingerprint density at radius 2 is 2.27 bits per heavy atom. The minimum atomic E-state index is 0.332. The number of aromatic nitrogens is 1. The average Bonchev–Trinajstić information content (AvgIpc) is 2.86. The molecule has 0 bridgehead atoms. The molecule has 3 rings (SSSR count). The molecular formula is C11H12N2O2. The van der Waals surface area contributed by atoms with E-state index in [1.165, 1.54) is 0 Å². The van der Waals surface area contributed by atoms with Crippen LogP contribution in [0.5, 0.6) is 0 Å². The van der Waals surface area contributed by atoms with Crippen LogP contribution in [0, 0.1) is 0 Å². The maximum atomic E-state index is 5.55. The Balaban J connectivity index is 1.84. The molecule has 4 heteroatoms. The fourth-order valence-corrected chi connectivity index (χ4v) is 1.76. The molecule has 1 aliphatic heterocycles. The lowest BCUT2D eigenvalue weighted by Gasteiger charge is -2.06. The van der Waals surface area contributed by atoms with Gasteiger partial charge in [-0.2, -0.15) is 4.98 Å². The van der Waals surface area contributed by atoms with Gasteiger partial charge in [0.05, 0.1) is 12.6 Å². The fourth-order valence-electron chi connectivity index (χ4n) is 1.76. The van der Waals surface area contributed by atoms with Gasteiger partial charge in [0, 0.05) is 6.61 Å². The van der Waals surface area contributed by atoms with E-state index in [-0.39, 0.29) is 0 Å². The summed E-state index contributed by atoms with van der Waals surface area (Å²) in [4.78, 5) is 4.34. The number of nitrogens with one attached hydrogen (secondary N) is 1. The molecule has 1 fully saturated rings. The highest BCUT2D eigenvalue weighted by Crippen LogP contribution is 2.20. The fraction of sp³-hybridized carbons (Fsp3) is 0.364. The number of hydrogen-bond acceptors (Lipinski definition) is 4. The van der Waals surface area contributed by atoms with Crippen LogP contribution in [-0.2, 0) is 4.74 Å². The zero-order chi connectivity index (χ0) is 10.1. The monoisotopic (exact) mass is 204 g/mol. The molecule has 1 unspecified atom stereocenters. The molecular weight excluding hydrogens is 192 g/mol. The number of hydrogen-bond donors (Lipinski definition) is 1. The summed E-state index contributed by atoms with van der Waals surface area (Å²) < 4.78 is 10.8. The Morgan fingerprint density at radius 3 is 3.07 bits per heavy atom. The summed E-state index contributed by atoms with van der Waals surface area (Å²) in [6.07, 6.45) is 1.01. The molecule has 1 aromatic carbocycles. The molecule has 0 aliphatic carbocycles. The lowest BCUT2D eigenvalue weighted by atomic mass is 10.3. The van der Waals surface area contributed by atoms with E-state index in [4.69, 9.17) is 9.15 Å². The lowest BCUT2D eigenvalue weighted by molar-refractivity contribution is 0.195. The number of oxazole rings is 1. The molecule has 0 radical (unpaired) electrons. The first-order valence-electron chi connectivity index (χ1n) is 5.12. The van der Waals surface area contributed by atoms with E-state index >= 15 is 0 Å². The highest BCUT2D eigenvalue weighted by Gasteiger charge is 2.17. The summed E-state index contributed by atoms with van der Waals surface area (Å²) in [6, 6.07) is 8.67. The maximum Gasteiger partial charge on any atom is 0.295 e. The first kappa shape index (κ1) is 8.73. The van der Waals surface area contributed by atoms with Crippen LogP contribution in [0.25, 0.3) is 11.1 Å².